The average molecular weight is 282 g/mol. The Morgan fingerprint density at radius 2 is 1.90 bits per heavy atom. The van der Waals surface area contributed by atoms with Gasteiger partial charge in [0.15, 0.2) is 0 Å². The van der Waals surface area contributed by atoms with Crippen molar-refractivity contribution in [2.24, 2.45) is 11.8 Å². The van der Waals surface area contributed by atoms with Gasteiger partial charge in [0.25, 0.3) is 0 Å². The smallest absolute Gasteiger partial charge is 0.119 e. The summed E-state index contributed by atoms with van der Waals surface area (Å²) in [4.78, 5) is 0. The van der Waals surface area contributed by atoms with Gasteiger partial charge < -0.3 is 4.74 Å². The maximum atomic E-state index is 5.74. The molecule has 21 heavy (non-hydrogen) atoms. The molecule has 0 aromatic heterocycles. The minimum Gasteiger partial charge on any atom is -0.493 e. The van der Waals surface area contributed by atoms with Gasteiger partial charge in [-0.2, -0.15) is 0 Å². The van der Waals surface area contributed by atoms with E-state index in [2.05, 4.69) is 69.8 Å². The molecule has 0 fully saturated rings. The predicted octanol–water partition coefficient (Wildman–Crippen LogP) is 5.65. The van der Waals surface area contributed by atoms with Crippen LogP contribution in [0.15, 0.2) is 54.6 Å². The Morgan fingerprint density at radius 1 is 1.19 bits per heavy atom. The zero-order chi connectivity index (χ0) is 15.2. The van der Waals surface area contributed by atoms with Gasteiger partial charge >= 0.3 is 0 Å². The zero-order valence-electron chi connectivity index (χ0n) is 13.4. The van der Waals surface area contributed by atoms with Crippen LogP contribution in [0.4, 0.5) is 0 Å². The van der Waals surface area contributed by atoms with Gasteiger partial charge in [-0.1, -0.05) is 64.1 Å². The lowest BCUT2D eigenvalue weighted by Gasteiger charge is -2.22. The van der Waals surface area contributed by atoms with Crippen molar-refractivity contribution in [1.82, 2.24) is 0 Å². The summed E-state index contributed by atoms with van der Waals surface area (Å²) < 4.78 is 5.74. The summed E-state index contributed by atoms with van der Waals surface area (Å²) in [7, 11) is 0. The van der Waals surface area contributed by atoms with Crippen LogP contribution in [0, 0.1) is 11.8 Å². The van der Waals surface area contributed by atoms with E-state index in [9.17, 15) is 0 Å². The fraction of sp³-hybridized carbons (Fsp3) is 0.400. The van der Waals surface area contributed by atoms with Crippen LogP contribution >= 0.6 is 0 Å². The van der Waals surface area contributed by atoms with Crippen LogP contribution in [0.25, 0.3) is 5.57 Å². The van der Waals surface area contributed by atoms with Gasteiger partial charge in [0.1, 0.15) is 5.75 Å². The highest BCUT2D eigenvalue weighted by Gasteiger charge is 2.16. The molecule has 0 saturated heterocycles. The molecule has 0 amide bonds. The van der Waals surface area contributed by atoms with Crippen molar-refractivity contribution in [2.45, 2.75) is 33.6 Å². The van der Waals surface area contributed by atoms with E-state index < -0.39 is 0 Å². The highest BCUT2D eigenvalue weighted by Crippen LogP contribution is 2.34. The lowest BCUT2D eigenvalue weighted by atomic mass is 9.83. The summed E-state index contributed by atoms with van der Waals surface area (Å²) in [6.07, 6.45) is 8.94. The number of allylic oxidation sites excluding steroid dienone is 5. The molecule has 1 aliphatic carbocycles. The van der Waals surface area contributed by atoms with Crippen molar-refractivity contribution in [3.63, 3.8) is 0 Å². The van der Waals surface area contributed by atoms with E-state index in [1.807, 2.05) is 0 Å². The van der Waals surface area contributed by atoms with E-state index in [1.165, 1.54) is 29.6 Å². The first-order chi connectivity index (χ1) is 10.1. The minimum atomic E-state index is 0.479. The molecule has 2 rings (SSSR count). The fourth-order valence-electron chi connectivity index (χ4n) is 2.57. The number of ether oxygens (including phenoxy) is 1. The summed E-state index contributed by atoms with van der Waals surface area (Å²) >= 11 is 0. The molecule has 112 valence electrons. The summed E-state index contributed by atoms with van der Waals surface area (Å²) in [6, 6.07) is 8.38. The van der Waals surface area contributed by atoms with Crippen LogP contribution in [0.2, 0.25) is 0 Å². The molecule has 1 aromatic rings. The predicted molar refractivity (Wildman–Crippen MR) is 91.4 cm³/mol. The molecule has 1 nitrogen and oxygen atoms in total. The first kappa shape index (κ1) is 15.6. The van der Waals surface area contributed by atoms with E-state index >= 15 is 0 Å². The third kappa shape index (κ3) is 4.10. The van der Waals surface area contributed by atoms with Crippen LogP contribution in [0.1, 0.15) is 39.2 Å². The number of rotatable bonds is 6. The van der Waals surface area contributed by atoms with Crippen LogP contribution in [0.3, 0.4) is 0 Å². The van der Waals surface area contributed by atoms with Gasteiger partial charge in [-0.15, -0.1) is 0 Å². The minimum absolute atomic E-state index is 0.479. The van der Waals surface area contributed by atoms with Gasteiger partial charge in [0.2, 0.25) is 0 Å². The molecule has 1 aliphatic rings. The highest BCUT2D eigenvalue weighted by atomic mass is 16.5. The second-order valence-corrected chi connectivity index (χ2v) is 6.11. The van der Waals surface area contributed by atoms with Gasteiger partial charge in [-0.3, -0.25) is 0 Å². The SMILES string of the molecule is C=C1C(c2ccc(OCC(C)C)cc2)=CC=CC1CCC. The first-order valence-corrected chi connectivity index (χ1v) is 7.92. The lowest BCUT2D eigenvalue weighted by Crippen LogP contribution is -2.06. The molecule has 1 unspecified atom stereocenters. The molecule has 0 radical (unpaired) electrons. The van der Waals surface area contributed by atoms with Crippen molar-refractivity contribution < 1.29 is 4.74 Å². The maximum Gasteiger partial charge on any atom is 0.119 e. The molecule has 0 bridgehead atoms. The Labute approximate surface area is 129 Å². The van der Waals surface area contributed by atoms with Crippen molar-refractivity contribution >= 4 is 5.57 Å². The number of benzene rings is 1. The summed E-state index contributed by atoms with van der Waals surface area (Å²) in [6.45, 7) is 11.6. The van der Waals surface area contributed by atoms with Gasteiger partial charge in [-0.05, 0) is 41.2 Å². The molecular weight excluding hydrogens is 256 g/mol. The van der Waals surface area contributed by atoms with Gasteiger partial charge in [-0.25, -0.2) is 0 Å². The topological polar surface area (TPSA) is 9.23 Å². The molecule has 0 spiro atoms. The standard InChI is InChI=1S/C20H26O/c1-5-7-17-8-6-9-20(16(17)4)18-10-12-19(13-11-18)21-14-15(2)3/h6,8-13,15,17H,4-5,7,14H2,1-3H3. The monoisotopic (exact) mass is 282 g/mol. The van der Waals surface area contributed by atoms with Crippen LogP contribution in [-0.4, -0.2) is 6.61 Å². The van der Waals surface area contributed by atoms with E-state index in [-0.39, 0.29) is 0 Å². The summed E-state index contributed by atoms with van der Waals surface area (Å²) in [5.74, 6) is 1.97. The Kier molecular flexibility index (Phi) is 5.44. The molecule has 0 saturated carbocycles. The molecule has 0 aliphatic heterocycles. The quantitative estimate of drug-likeness (QED) is 0.655. The van der Waals surface area contributed by atoms with Crippen LogP contribution < -0.4 is 4.74 Å². The van der Waals surface area contributed by atoms with Gasteiger partial charge in [0.05, 0.1) is 6.61 Å². The normalized spacial score (nSPS) is 18.0. The zero-order valence-corrected chi connectivity index (χ0v) is 13.4. The van der Waals surface area contributed by atoms with Crippen molar-refractivity contribution in [1.29, 1.82) is 0 Å². The molecule has 0 heterocycles. The summed E-state index contributed by atoms with van der Waals surface area (Å²) in [5, 5.41) is 0. The molecule has 0 N–H and O–H groups in total. The second-order valence-electron chi connectivity index (χ2n) is 6.11. The highest BCUT2D eigenvalue weighted by molar-refractivity contribution is 5.81. The Bertz CT molecular complexity index is 531. The maximum absolute atomic E-state index is 5.74. The van der Waals surface area contributed by atoms with Gasteiger partial charge in [0, 0.05) is 5.92 Å². The third-order valence-corrected chi connectivity index (χ3v) is 3.75. The number of hydrogen-bond donors (Lipinski definition) is 0. The van der Waals surface area contributed by atoms with Crippen LogP contribution in [-0.2, 0) is 0 Å². The van der Waals surface area contributed by atoms with Crippen LogP contribution in [0.5, 0.6) is 5.75 Å². The average Bonchev–Trinajstić information content (AvgIpc) is 2.48. The molecule has 1 aromatic carbocycles. The van der Waals surface area contributed by atoms with E-state index in [0.29, 0.717) is 11.8 Å². The Balaban J connectivity index is 2.10. The lowest BCUT2D eigenvalue weighted by molar-refractivity contribution is 0.271. The summed E-state index contributed by atoms with van der Waals surface area (Å²) in [5.41, 5.74) is 3.71. The second kappa shape index (κ2) is 7.31. The van der Waals surface area contributed by atoms with Crippen molar-refractivity contribution in [3.8, 4) is 5.75 Å². The third-order valence-electron chi connectivity index (χ3n) is 3.75. The molecule has 1 atom stereocenters. The Morgan fingerprint density at radius 3 is 2.52 bits per heavy atom. The van der Waals surface area contributed by atoms with E-state index in [4.69, 9.17) is 4.74 Å². The largest absolute Gasteiger partial charge is 0.493 e. The fourth-order valence-corrected chi connectivity index (χ4v) is 2.57. The molecular formula is C20H26O. The van der Waals surface area contributed by atoms with Crippen molar-refractivity contribution in [2.75, 3.05) is 6.61 Å². The van der Waals surface area contributed by atoms with E-state index in [0.717, 1.165) is 12.4 Å². The van der Waals surface area contributed by atoms with Crippen molar-refractivity contribution in [3.05, 3.63) is 60.2 Å². The first-order valence-electron chi connectivity index (χ1n) is 7.92. The molecule has 1 heteroatoms. The van der Waals surface area contributed by atoms with E-state index in [1.54, 1.807) is 0 Å². The Hall–Kier alpha value is -1.76. The number of hydrogen-bond acceptors (Lipinski definition) is 1.